The van der Waals surface area contributed by atoms with Gasteiger partial charge in [-0.15, -0.1) is 0 Å². The fourth-order valence-corrected chi connectivity index (χ4v) is 3.75. The molecule has 3 N–H and O–H groups in total. The van der Waals surface area contributed by atoms with Gasteiger partial charge in [0.1, 0.15) is 0 Å². The molecule has 1 aliphatic rings. The number of piperazine rings is 1. The van der Waals surface area contributed by atoms with Gasteiger partial charge in [0.05, 0.1) is 0 Å². The Labute approximate surface area is 158 Å². The summed E-state index contributed by atoms with van der Waals surface area (Å²) in [6.45, 7) is 15.5. The van der Waals surface area contributed by atoms with Crippen molar-refractivity contribution >= 4 is 11.6 Å². The summed E-state index contributed by atoms with van der Waals surface area (Å²) < 4.78 is 0. The van der Waals surface area contributed by atoms with E-state index in [1.54, 1.807) is 0 Å². The molecule has 0 bridgehead atoms. The van der Waals surface area contributed by atoms with E-state index in [0.29, 0.717) is 24.1 Å². The third-order valence-corrected chi connectivity index (χ3v) is 5.26. The number of rotatable bonds is 7. The van der Waals surface area contributed by atoms with Crippen LogP contribution in [0, 0.1) is 5.92 Å². The lowest BCUT2D eigenvalue weighted by Gasteiger charge is -2.38. The zero-order valence-electron chi connectivity index (χ0n) is 17.1. The number of nitrogens with zero attached hydrogens (tertiary/aromatic N) is 2. The largest absolute Gasteiger partial charge is 0.369 e. The average Bonchev–Trinajstić information content (AvgIpc) is 2.61. The minimum absolute atomic E-state index is 0.0465. The van der Waals surface area contributed by atoms with Gasteiger partial charge < -0.3 is 16.0 Å². The molecular formula is C21H36N4O. The van der Waals surface area contributed by atoms with Gasteiger partial charge in [0, 0.05) is 55.6 Å². The van der Waals surface area contributed by atoms with E-state index in [1.165, 1.54) is 5.69 Å². The van der Waals surface area contributed by atoms with Gasteiger partial charge >= 0.3 is 0 Å². The minimum Gasteiger partial charge on any atom is -0.369 e. The van der Waals surface area contributed by atoms with Gasteiger partial charge in [0.15, 0.2) is 0 Å². The Balaban J connectivity index is 1.97. The lowest BCUT2D eigenvalue weighted by atomic mass is 9.90. The van der Waals surface area contributed by atoms with Gasteiger partial charge in [-0.1, -0.05) is 13.8 Å². The first-order valence-corrected chi connectivity index (χ1v) is 9.86. The lowest BCUT2D eigenvalue weighted by molar-refractivity contribution is 0.0898. The maximum Gasteiger partial charge on any atom is 0.251 e. The van der Waals surface area contributed by atoms with E-state index in [2.05, 4.69) is 54.9 Å². The highest BCUT2D eigenvalue weighted by Gasteiger charge is 2.26. The number of carbonyl (C=O) groups is 1. The molecule has 1 atom stereocenters. The number of benzene rings is 1. The SMILES string of the molecule is CC(C)CC(C)(CN)NC(=O)c1ccc(N2CCN(C(C)C)CC2)cc1. The summed E-state index contributed by atoms with van der Waals surface area (Å²) in [5.41, 5.74) is 7.43. The van der Waals surface area contributed by atoms with Crippen LogP contribution in [-0.4, -0.2) is 55.1 Å². The summed E-state index contributed by atoms with van der Waals surface area (Å²) in [7, 11) is 0. The summed E-state index contributed by atoms with van der Waals surface area (Å²) in [5, 5.41) is 3.12. The van der Waals surface area contributed by atoms with E-state index >= 15 is 0 Å². The molecule has 1 fully saturated rings. The average molecular weight is 361 g/mol. The topological polar surface area (TPSA) is 61.6 Å². The van der Waals surface area contributed by atoms with Crippen LogP contribution in [0.4, 0.5) is 5.69 Å². The summed E-state index contributed by atoms with van der Waals surface area (Å²) in [4.78, 5) is 17.5. The molecule has 1 unspecified atom stereocenters. The summed E-state index contributed by atoms with van der Waals surface area (Å²) in [6.07, 6.45) is 0.869. The Morgan fingerprint density at radius 3 is 2.15 bits per heavy atom. The van der Waals surface area contributed by atoms with Crippen molar-refractivity contribution in [2.24, 2.45) is 11.7 Å². The smallest absolute Gasteiger partial charge is 0.251 e. The number of hydrogen-bond donors (Lipinski definition) is 2. The van der Waals surface area contributed by atoms with Crippen LogP contribution in [-0.2, 0) is 0 Å². The highest BCUT2D eigenvalue weighted by molar-refractivity contribution is 5.95. The molecular weight excluding hydrogens is 324 g/mol. The second-order valence-electron chi connectivity index (χ2n) is 8.48. The fourth-order valence-electron chi connectivity index (χ4n) is 3.75. The van der Waals surface area contributed by atoms with Crippen molar-refractivity contribution in [2.75, 3.05) is 37.6 Å². The first-order chi connectivity index (χ1) is 12.2. The predicted octanol–water partition coefficient (Wildman–Crippen LogP) is 2.71. The number of hydrogen-bond acceptors (Lipinski definition) is 4. The van der Waals surface area contributed by atoms with Gasteiger partial charge in [-0.05, 0) is 57.4 Å². The number of carbonyl (C=O) groups excluding carboxylic acids is 1. The van der Waals surface area contributed by atoms with Crippen molar-refractivity contribution in [3.05, 3.63) is 29.8 Å². The van der Waals surface area contributed by atoms with Crippen LogP contribution in [0.15, 0.2) is 24.3 Å². The second kappa shape index (κ2) is 8.87. The van der Waals surface area contributed by atoms with Gasteiger partial charge in [-0.25, -0.2) is 0 Å². The molecule has 26 heavy (non-hydrogen) atoms. The second-order valence-corrected chi connectivity index (χ2v) is 8.48. The molecule has 0 aliphatic carbocycles. The highest BCUT2D eigenvalue weighted by Crippen LogP contribution is 2.20. The molecule has 1 aromatic carbocycles. The minimum atomic E-state index is -0.364. The molecule has 0 spiro atoms. The predicted molar refractivity (Wildman–Crippen MR) is 110 cm³/mol. The standard InChI is InChI=1S/C21H36N4O/c1-16(2)14-21(5,15-22)23-20(26)18-6-8-19(9-7-18)25-12-10-24(11-13-25)17(3)4/h6-9,16-17H,10-15,22H2,1-5H3,(H,23,26). The maximum absolute atomic E-state index is 12.6. The van der Waals surface area contributed by atoms with Crippen LogP contribution in [0.2, 0.25) is 0 Å². The van der Waals surface area contributed by atoms with Gasteiger partial charge in [-0.3, -0.25) is 9.69 Å². The summed E-state index contributed by atoms with van der Waals surface area (Å²) in [6, 6.07) is 8.56. The fraction of sp³-hybridized carbons (Fsp3) is 0.667. The quantitative estimate of drug-likeness (QED) is 0.785. The van der Waals surface area contributed by atoms with Gasteiger partial charge in [0.2, 0.25) is 0 Å². The van der Waals surface area contributed by atoms with Gasteiger partial charge in [0.25, 0.3) is 5.91 Å². The number of anilines is 1. The molecule has 1 aliphatic heterocycles. The Bertz CT molecular complexity index is 576. The molecule has 1 saturated heterocycles. The normalized spacial score (nSPS) is 18.2. The van der Waals surface area contributed by atoms with Gasteiger partial charge in [-0.2, -0.15) is 0 Å². The van der Waals surface area contributed by atoms with E-state index in [9.17, 15) is 4.79 Å². The summed E-state index contributed by atoms with van der Waals surface area (Å²) in [5.74, 6) is 0.436. The molecule has 0 aromatic heterocycles. The number of amides is 1. The van der Waals surface area contributed by atoms with Crippen LogP contribution in [0.3, 0.4) is 0 Å². The molecule has 5 nitrogen and oxygen atoms in total. The number of nitrogens with one attached hydrogen (secondary N) is 1. The van der Waals surface area contributed by atoms with Crippen molar-refractivity contribution in [1.82, 2.24) is 10.2 Å². The maximum atomic E-state index is 12.6. The Morgan fingerprint density at radius 1 is 1.12 bits per heavy atom. The van der Waals surface area contributed by atoms with Crippen LogP contribution in [0.25, 0.3) is 0 Å². The van der Waals surface area contributed by atoms with Crippen molar-refractivity contribution in [2.45, 2.75) is 52.6 Å². The summed E-state index contributed by atoms with van der Waals surface area (Å²) >= 11 is 0. The van der Waals surface area contributed by atoms with Crippen molar-refractivity contribution < 1.29 is 4.79 Å². The van der Waals surface area contributed by atoms with E-state index < -0.39 is 0 Å². The molecule has 5 heteroatoms. The van der Waals surface area contributed by atoms with Crippen LogP contribution in [0.1, 0.15) is 51.4 Å². The van der Waals surface area contributed by atoms with E-state index in [0.717, 1.165) is 32.6 Å². The van der Waals surface area contributed by atoms with Crippen molar-refractivity contribution in [1.29, 1.82) is 0 Å². The van der Waals surface area contributed by atoms with Crippen LogP contribution >= 0.6 is 0 Å². The van der Waals surface area contributed by atoms with E-state index in [1.807, 2.05) is 19.1 Å². The Kier molecular flexibility index (Phi) is 7.07. The molecule has 0 radical (unpaired) electrons. The third kappa shape index (κ3) is 5.45. The van der Waals surface area contributed by atoms with E-state index in [-0.39, 0.29) is 11.4 Å². The third-order valence-electron chi connectivity index (χ3n) is 5.26. The first kappa shape index (κ1) is 20.7. The Hall–Kier alpha value is -1.59. The number of nitrogens with two attached hydrogens (primary N) is 1. The molecule has 0 saturated carbocycles. The Morgan fingerprint density at radius 2 is 1.69 bits per heavy atom. The zero-order valence-corrected chi connectivity index (χ0v) is 17.1. The monoisotopic (exact) mass is 360 g/mol. The zero-order chi connectivity index (χ0) is 19.3. The first-order valence-electron chi connectivity index (χ1n) is 9.86. The van der Waals surface area contributed by atoms with Crippen molar-refractivity contribution in [3.63, 3.8) is 0 Å². The molecule has 1 aromatic rings. The molecule has 1 amide bonds. The van der Waals surface area contributed by atoms with Crippen molar-refractivity contribution in [3.8, 4) is 0 Å². The van der Waals surface area contributed by atoms with Crippen LogP contribution < -0.4 is 16.0 Å². The van der Waals surface area contributed by atoms with E-state index in [4.69, 9.17) is 5.73 Å². The molecule has 2 rings (SSSR count). The van der Waals surface area contributed by atoms with Crippen LogP contribution in [0.5, 0.6) is 0 Å². The molecule has 146 valence electrons. The highest BCUT2D eigenvalue weighted by atomic mass is 16.1. The lowest BCUT2D eigenvalue weighted by Crippen LogP contribution is -2.52. The molecule has 1 heterocycles.